The predicted octanol–water partition coefficient (Wildman–Crippen LogP) is 1.79. The van der Waals surface area contributed by atoms with Crippen LogP contribution < -0.4 is 5.73 Å². The Morgan fingerprint density at radius 3 is 2.50 bits per heavy atom. The summed E-state index contributed by atoms with van der Waals surface area (Å²) in [4.78, 5) is 11.3. The Morgan fingerprint density at radius 2 is 1.93 bits per heavy atom. The van der Waals surface area contributed by atoms with E-state index in [2.05, 4.69) is 20.8 Å². The van der Waals surface area contributed by atoms with Gasteiger partial charge >= 0.3 is 0 Å². The second kappa shape index (κ2) is 2.02. The molecule has 0 heterocycles. The molecule has 0 radical (unpaired) electrons. The van der Waals surface area contributed by atoms with Crippen molar-refractivity contribution in [1.29, 1.82) is 0 Å². The minimum absolute atomic E-state index is 0.0548. The van der Waals surface area contributed by atoms with Crippen LogP contribution in [0.2, 0.25) is 0 Å². The summed E-state index contributed by atoms with van der Waals surface area (Å²) in [5.74, 6) is 2.43. The van der Waals surface area contributed by atoms with Gasteiger partial charge in [0.15, 0.2) is 0 Å². The highest BCUT2D eigenvalue weighted by Gasteiger charge is 2.78. The number of rotatable bonds is 1. The van der Waals surface area contributed by atoms with Crippen molar-refractivity contribution >= 4 is 5.91 Å². The molecule has 5 atom stereocenters. The number of nitrogens with two attached hydrogens (primary N) is 1. The lowest BCUT2D eigenvalue weighted by Gasteiger charge is -2.14. The summed E-state index contributed by atoms with van der Waals surface area (Å²) in [5, 5.41) is 0. The Kier molecular flexibility index (Phi) is 1.27. The van der Waals surface area contributed by atoms with Gasteiger partial charge in [0.1, 0.15) is 0 Å². The smallest absolute Gasteiger partial charge is 0.221 e. The minimum atomic E-state index is -0.0548. The van der Waals surface area contributed by atoms with Crippen molar-refractivity contribution in [1.82, 2.24) is 0 Å². The van der Waals surface area contributed by atoms with Gasteiger partial charge in [-0.3, -0.25) is 4.79 Å². The Bertz CT molecular complexity index is 322. The molecule has 2 N–H and O–H groups in total. The fourth-order valence-corrected chi connectivity index (χ4v) is 4.56. The molecule has 3 rings (SSSR count). The van der Waals surface area contributed by atoms with Crippen LogP contribution in [0.4, 0.5) is 0 Å². The quantitative estimate of drug-likeness (QED) is 0.678. The van der Waals surface area contributed by atoms with Crippen molar-refractivity contribution in [3.63, 3.8) is 0 Å². The molecule has 2 heteroatoms. The highest BCUT2D eigenvalue weighted by molar-refractivity contribution is 5.82. The van der Waals surface area contributed by atoms with E-state index in [1.807, 2.05) is 0 Å². The normalized spacial score (nSPS) is 57.1. The number of carbonyl (C=O) groups is 1. The summed E-state index contributed by atoms with van der Waals surface area (Å²) in [6.45, 7) is 6.96. The van der Waals surface area contributed by atoms with Crippen LogP contribution >= 0.6 is 0 Å². The van der Waals surface area contributed by atoms with Gasteiger partial charge in [-0.15, -0.1) is 0 Å². The molecule has 2 nitrogen and oxygen atoms in total. The molecule has 0 aromatic rings. The molecule has 0 aromatic heterocycles. The summed E-state index contributed by atoms with van der Waals surface area (Å²) < 4.78 is 0. The van der Waals surface area contributed by atoms with E-state index < -0.39 is 0 Å². The van der Waals surface area contributed by atoms with Crippen molar-refractivity contribution in [2.45, 2.75) is 33.6 Å². The van der Waals surface area contributed by atoms with Gasteiger partial charge in [-0.1, -0.05) is 20.8 Å². The summed E-state index contributed by atoms with van der Waals surface area (Å²) >= 11 is 0. The zero-order chi connectivity index (χ0) is 10.3. The van der Waals surface area contributed by atoms with Crippen molar-refractivity contribution in [2.75, 3.05) is 0 Å². The van der Waals surface area contributed by atoms with Gasteiger partial charge in [-0.05, 0) is 41.4 Å². The lowest BCUT2D eigenvalue weighted by Crippen LogP contribution is -2.17. The molecule has 0 aliphatic heterocycles. The van der Waals surface area contributed by atoms with Crippen molar-refractivity contribution in [3.8, 4) is 0 Å². The van der Waals surface area contributed by atoms with Gasteiger partial charge in [-0.2, -0.15) is 0 Å². The number of carbonyl (C=O) groups excluding carboxylic acids is 1. The average Bonchev–Trinajstić information content (AvgIpc) is 2.83. The zero-order valence-corrected chi connectivity index (χ0v) is 9.21. The molecule has 14 heavy (non-hydrogen) atoms. The fraction of sp³-hybridized carbons (Fsp3) is 0.917. The van der Waals surface area contributed by atoms with E-state index >= 15 is 0 Å². The van der Waals surface area contributed by atoms with Crippen LogP contribution in [0, 0.1) is 34.5 Å². The predicted molar refractivity (Wildman–Crippen MR) is 54.3 cm³/mol. The standard InChI is InChI=1S/C12H19NO/c1-11(2)6-4-5-12(3)8(7(6)11)9(12)10(13)14/h6-9H,4-5H2,1-3H3,(H2,13,14)/t6-,7-,8?,9?,12?/m1/s1. The van der Waals surface area contributed by atoms with E-state index in [4.69, 9.17) is 5.73 Å². The second-order valence-electron chi connectivity index (χ2n) is 6.40. The molecule has 0 saturated heterocycles. The van der Waals surface area contributed by atoms with Crippen molar-refractivity contribution in [3.05, 3.63) is 0 Å². The summed E-state index contributed by atoms with van der Waals surface area (Å²) in [6.07, 6.45) is 2.53. The molecule has 3 fully saturated rings. The molecular weight excluding hydrogens is 174 g/mol. The van der Waals surface area contributed by atoms with Crippen LogP contribution in [-0.4, -0.2) is 5.91 Å². The lowest BCUT2D eigenvalue weighted by molar-refractivity contribution is -0.120. The number of fused-ring (bicyclic) bond motifs is 3. The second-order valence-corrected chi connectivity index (χ2v) is 6.40. The first-order valence-electron chi connectivity index (χ1n) is 5.70. The minimum Gasteiger partial charge on any atom is -0.369 e. The Labute approximate surface area is 85.2 Å². The molecule has 0 spiro atoms. The first kappa shape index (κ1) is 8.75. The largest absolute Gasteiger partial charge is 0.369 e. The van der Waals surface area contributed by atoms with Crippen LogP contribution in [0.25, 0.3) is 0 Å². The van der Waals surface area contributed by atoms with Gasteiger partial charge in [0.2, 0.25) is 5.91 Å². The highest BCUT2D eigenvalue weighted by Crippen LogP contribution is 2.81. The number of hydrogen-bond acceptors (Lipinski definition) is 1. The van der Waals surface area contributed by atoms with E-state index in [0.717, 1.165) is 11.8 Å². The van der Waals surface area contributed by atoms with Gasteiger partial charge in [0, 0.05) is 5.92 Å². The third-order valence-electron chi connectivity index (χ3n) is 5.55. The third kappa shape index (κ3) is 0.731. The van der Waals surface area contributed by atoms with Crippen LogP contribution in [0.3, 0.4) is 0 Å². The SMILES string of the molecule is CC12CC[C@@H]3[C@H](C1C2C(N)=O)C3(C)C. The molecule has 0 aromatic carbocycles. The Hall–Kier alpha value is -0.530. The third-order valence-corrected chi connectivity index (χ3v) is 5.55. The molecule has 3 unspecified atom stereocenters. The van der Waals surface area contributed by atoms with Gasteiger partial charge < -0.3 is 5.73 Å². The number of hydrogen-bond donors (Lipinski definition) is 1. The van der Waals surface area contributed by atoms with Gasteiger partial charge in [0.05, 0.1) is 0 Å². The van der Waals surface area contributed by atoms with E-state index in [1.54, 1.807) is 0 Å². The van der Waals surface area contributed by atoms with E-state index in [0.29, 0.717) is 11.3 Å². The molecule has 3 aliphatic rings. The number of primary amides is 1. The maximum Gasteiger partial charge on any atom is 0.221 e. The van der Waals surface area contributed by atoms with Crippen LogP contribution in [0.15, 0.2) is 0 Å². The van der Waals surface area contributed by atoms with Crippen LogP contribution in [0.5, 0.6) is 0 Å². The first-order chi connectivity index (χ1) is 6.40. The zero-order valence-electron chi connectivity index (χ0n) is 9.21. The van der Waals surface area contributed by atoms with E-state index in [-0.39, 0.29) is 17.2 Å². The number of amides is 1. The van der Waals surface area contributed by atoms with E-state index in [1.165, 1.54) is 12.8 Å². The monoisotopic (exact) mass is 193 g/mol. The van der Waals surface area contributed by atoms with Crippen LogP contribution in [-0.2, 0) is 4.79 Å². The Morgan fingerprint density at radius 1 is 1.29 bits per heavy atom. The Balaban J connectivity index is 1.90. The highest BCUT2D eigenvalue weighted by atomic mass is 16.1. The van der Waals surface area contributed by atoms with Gasteiger partial charge in [-0.25, -0.2) is 0 Å². The molecule has 1 amide bonds. The fourth-order valence-electron chi connectivity index (χ4n) is 4.56. The lowest BCUT2D eigenvalue weighted by atomic mass is 9.90. The van der Waals surface area contributed by atoms with E-state index in [9.17, 15) is 4.79 Å². The molecule has 3 aliphatic carbocycles. The summed E-state index contributed by atoms with van der Waals surface area (Å²) in [5.41, 5.74) is 6.24. The van der Waals surface area contributed by atoms with Crippen molar-refractivity contribution < 1.29 is 4.79 Å². The van der Waals surface area contributed by atoms with Gasteiger partial charge in [0.25, 0.3) is 0 Å². The van der Waals surface area contributed by atoms with Crippen LogP contribution in [0.1, 0.15) is 33.6 Å². The molecular formula is C12H19NO. The first-order valence-corrected chi connectivity index (χ1v) is 5.70. The topological polar surface area (TPSA) is 43.1 Å². The maximum atomic E-state index is 11.3. The molecule has 78 valence electrons. The molecule has 3 saturated carbocycles. The molecule has 0 bridgehead atoms. The summed E-state index contributed by atoms with van der Waals surface area (Å²) in [6, 6.07) is 0. The maximum absolute atomic E-state index is 11.3. The van der Waals surface area contributed by atoms with Crippen molar-refractivity contribution in [2.24, 2.45) is 40.2 Å². The summed E-state index contributed by atoms with van der Waals surface area (Å²) in [7, 11) is 0. The average molecular weight is 193 g/mol.